The fourth-order valence-corrected chi connectivity index (χ4v) is 5.56. The van der Waals surface area contributed by atoms with Crippen molar-refractivity contribution in [1.29, 1.82) is 0 Å². The van der Waals surface area contributed by atoms with Crippen molar-refractivity contribution in [2.24, 2.45) is 0 Å². The second-order valence-electron chi connectivity index (χ2n) is 10.5. The number of ether oxygens (including phenoxy) is 2. The van der Waals surface area contributed by atoms with Crippen molar-refractivity contribution in [3.63, 3.8) is 0 Å². The minimum Gasteiger partial charge on any atom is -0.507 e. The number of ketones is 1. The molecule has 4 aromatic carbocycles. The lowest BCUT2D eigenvalue weighted by atomic mass is 9.94. The van der Waals surface area contributed by atoms with Crippen molar-refractivity contribution in [1.82, 2.24) is 4.90 Å². The predicted octanol–water partition coefficient (Wildman–Crippen LogP) is 6.25. The molecule has 1 N–H and O–H groups in total. The lowest BCUT2D eigenvalue weighted by Gasteiger charge is -2.25. The SMILES string of the molecule is C[C@@H]1Cc2cc(/C(O)=C3\C(=O)C(=O)N(CCc4ccccc4)[C@@H]3c3ccc(OCc4ccccc4)cc3)ccc2O1. The Hall–Kier alpha value is -4.84. The second kappa shape index (κ2) is 11.3. The first kappa shape index (κ1) is 26.4. The molecule has 1 saturated heterocycles. The molecule has 6 rings (SSSR count). The summed E-state index contributed by atoms with van der Waals surface area (Å²) in [4.78, 5) is 28.4. The van der Waals surface area contributed by atoms with E-state index in [0.29, 0.717) is 30.9 Å². The Bertz CT molecular complexity index is 1600. The van der Waals surface area contributed by atoms with Gasteiger partial charge in [-0.1, -0.05) is 72.8 Å². The van der Waals surface area contributed by atoms with Crippen LogP contribution in [0.3, 0.4) is 0 Å². The van der Waals surface area contributed by atoms with E-state index in [1.54, 1.807) is 11.0 Å². The number of amides is 1. The maximum Gasteiger partial charge on any atom is 0.295 e. The summed E-state index contributed by atoms with van der Waals surface area (Å²) in [6, 6.07) is 31.8. The fraction of sp³-hybridized carbons (Fsp3) is 0.200. The van der Waals surface area contributed by atoms with Crippen LogP contribution in [0.1, 0.15) is 40.8 Å². The molecule has 2 aliphatic heterocycles. The molecule has 0 spiro atoms. The molecule has 0 unspecified atom stereocenters. The number of aliphatic hydroxyl groups is 1. The molecule has 2 aliphatic rings. The van der Waals surface area contributed by atoms with Gasteiger partial charge in [-0.15, -0.1) is 0 Å². The van der Waals surface area contributed by atoms with Gasteiger partial charge in [-0.2, -0.15) is 0 Å². The quantitative estimate of drug-likeness (QED) is 0.161. The lowest BCUT2D eigenvalue weighted by Crippen LogP contribution is -2.31. The highest BCUT2D eigenvalue weighted by molar-refractivity contribution is 6.46. The Balaban J connectivity index is 1.34. The van der Waals surface area contributed by atoms with Gasteiger partial charge < -0.3 is 19.5 Å². The monoisotopic (exact) mass is 545 g/mol. The van der Waals surface area contributed by atoms with Gasteiger partial charge in [-0.05, 0) is 65.9 Å². The number of benzene rings is 4. The van der Waals surface area contributed by atoms with Gasteiger partial charge in [0, 0.05) is 18.5 Å². The third-order valence-electron chi connectivity index (χ3n) is 7.64. The molecule has 2 atom stereocenters. The van der Waals surface area contributed by atoms with Gasteiger partial charge in [0.15, 0.2) is 0 Å². The molecule has 41 heavy (non-hydrogen) atoms. The number of likely N-dealkylation sites (tertiary alicyclic amines) is 1. The molecular formula is C35H31NO5. The molecule has 0 radical (unpaired) electrons. The smallest absolute Gasteiger partial charge is 0.295 e. The summed E-state index contributed by atoms with van der Waals surface area (Å²) in [6.07, 6.45) is 1.35. The van der Waals surface area contributed by atoms with Gasteiger partial charge in [0.1, 0.15) is 30.0 Å². The molecule has 0 bridgehead atoms. The van der Waals surface area contributed by atoms with E-state index >= 15 is 0 Å². The van der Waals surface area contributed by atoms with Crippen LogP contribution in [0.25, 0.3) is 5.76 Å². The maximum absolute atomic E-state index is 13.5. The van der Waals surface area contributed by atoms with Gasteiger partial charge >= 0.3 is 0 Å². The molecule has 0 aromatic heterocycles. The molecule has 1 amide bonds. The van der Waals surface area contributed by atoms with E-state index in [0.717, 1.165) is 34.4 Å². The van der Waals surface area contributed by atoms with E-state index in [9.17, 15) is 14.7 Å². The Morgan fingerprint density at radius 3 is 2.29 bits per heavy atom. The second-order valence-corrected chi connectivity index (χ2v) is 10.5. The summed E-state index contributed by atoms with van der Waals surface area (Å²) < 4.78 is 11.8. The number of nitrogens with zero attached hydrogens (tertiary/aromatic N) is 1. The Kier molecular flexibility index (Phi) is 7.30. The van der Waals surface area contributed by atoms with Crippen LogP contribution in [0, 0.1) is 0 Å². The van der Waals surface area contributed by atoms with Crippen molar-refractivity contribution >= 4 is 17.4 Å². The summed E-state index contributed by atoms with van der Waals surface area (Å²) >= 11 is 0. The van der Waals surface area contributed by atoms with Gasteiger partial charge in [-0.25, -0.2) is 0 Å². The average Bonchev–Trinajstić information content (AvgIpc) is 3.50. The molecule has 0 saturated carbocycles. The number of fused-ring (bicyclic) bond motifs is 1. The van der Waals surface area contributed by atoms with E-state index in [1.165, 1.54) is 0 Å². The average molecular weight is 546 g/mol. The number of carbonyl (C=O) groups is 2. The maximum atomic E-state index is 13.5. The Morgan fingerprint density at radius 2 is 1.59 bits per heavy atom. The van der Waals surface area contributed by atoms with Crippen LogP contribution in [-0.4, -0.2) is 34.3 Å². The standard InChI is InChI=1S/C35H31NO5/c1-23-20-28-21-27(14-17-30(28)41-23)33(37)31-32(36(35(39)34(31)38)19-18-24-8-4-2-5-9-24)26-12-15-29(16-13-26)40-22-25-10-6-3-7-11-25/h2-17,21,23,32,37H,18-20,22H2,1H3/b33-31+/t23-,32-/m1/s1. The van der Waals surface area contributed by atoms with Gasteiger partial charge in [0.05, 0.1) is 11.6 Å². The summed E-state index contributed by atoms with van der Waals surface area (Å²) in [5.74, 6) is -0.0287. The summed E-state index contributed by atoms with van der Waals surface area (Å²) in [6.45, 7) is 2.75. The van der Waals surface area contributed by atoms with E-state index in [1.807, 2.05) is 104 Å². The summed E-state index contributed by atoms with van der Waals surface area (Å²) in [7, 11) is 0. The first-order chi connectivity index (χ1) is 20.0. The largest absolute Gasteiger partial charge is 0.507 e. The van der Waals surface area contributed by atoms with Crippen molar-refractivity contribution in [2.45, 2.75) is 38.5 Å². The van der Waals surface area contributed by atoms with E-state index in [-0.39, 0.29) is 17.4 Å². The molecule has 206 valence electrons. The minimum atomic E-state index is -0.731. The van der Waals surface area contributed by atoms with Crippen molar-refractivity contribution in [2.75, 3.05) is 6.54 Å². The zero-order valence-corrected chi connectivity index (χ0v) is 22.8. The third kappa shape index (κ3) is 5.46. The van der Waals surface area contributed by atoms with Crippen LogP contribution >= 0.6 is 0 Å². The number of Topliss-reactive ketones (excluding diaryl/α,β-unsaturated/α-hetero) is 1. The third-order valence-corrected chi connectivity index (χ3v) is 7.64. The van der Waals surface area contributed by atoms with Crippen LogP contribution in [-0.2, 0) is 29.0 Å². The van der Waals surface area contributed by atoms with Crippen molar-refractivity contribution in [3.05, 3.63) is 137 Å². The highest BCUT2D eigenvalue weighted by Crippen LogP contribution is 2.41. The predicted molar refractivity (Wildman–Crippen MR) is 157 cm³/mol. The first-order valence-corrected chi connectivity index (χ1v) is 13.9. The summed E-state index contributed by atoms with van der Waals surface area (Å²) in [5.41, 5.74) is 4.40. The molecule has 0 aliphatic carbocycles. The molecule has 2 heterocycles. The molecule has 1 fully saturated rings. The first-order valence-electron chi connectivity index (χ1n) is 13.9. The van der Waals surface area contributed by atoms with Crippen molar-refractivity contribution < 1.29 is 24.2 Å². The topological polar surface area (TPSA) is 76.1 Å². The Labute approximate surface area is 239 Å². The normalized spacial score (nSPS) is 19.2. The number of carbonyl (C=O) groups excluding carboxylic acids is 2. The highest BCUT2D eigenvalue weighted by atomic mass is 16.5. The van der Waals surface area contributed by atoms with Crippen molar-refractivity contribution in [3.8, 4) is 11.5 Å². The zero-order chi connectivity index (χ0) is 28.3. The number of rotatable bonds is 8. The van der Waals surface area contributed by atoms with Crippen LogP contribution in [0.15, 0.2) is 109 Å². The highest BCUT2D eigenvalue weighted by Gasteiger charge is 2.46. The van der Waals surface area contributed by atoms with Gasteiger partial charge in [0.2, 0.25) is 0 Å². The van der Waals surface area contributed by atoms with Crippen LogP contribution in [0.5, 0.6) is 11.5 Å². The fourth-order valence-electron chi connectivity index (χ4n) is 5.56. The minimum absolute atomic E-state index is 0.0496. The van der Waals surface area contributed by atoms with Gasteiger partial charge in [-0.3, -0.25) is 9.59 Å². The molecule has 6 heteroatoms. The molecule has 6 nitrogen and oxygen atoms in total. The van der Waals surface area contributed by atoms with E-state index in [4.69, 9.17) is 9.47 Å². The number of hydrogen-bond donors (Lipinski definition) is 1. The Morgan fingerprint density at radius 1 is 0.902 bits per heavy atom. The van der Waals surface area contributed by atoms with Gasteiger partial charge in [0.25, 0.3) is 11.7 Å². The van der Waals surface area contributed by atoms with E-state index in [2.05, 4.69) is 0 Å². The number of hydrogen-bond acceptors (Lipinski definition) is 5. The molecular weight excluding hydrogens is 514 g/mol. The zero-order valence-electron chi connectivity index (χ0n) is 22.8. The van der Waals surface area contributed by atoms with Crippen LogP contribution in [0.4, 0.5) is 0 Å². The molecule has 4 aromatic rings. The van der Waals surface area contributed by atoms with Crippen LogP contribution in [0.2, 0.25) is 0 Å². The van der Waals surface area contributed by atoms with Crippen LogP contribution < -0.4 is 9.47 Å². The lowest BCUT2D eigenvalue weighted by molar-refractivity contribution is -0.139. The summed E-state index contributed by atoms with van der Waals surface area (Å²) in [5, 5.41) is 11.5. The number of aliphatic hydroxyl groups excluding tert-OH is 1. The van der Waals surface area contributed by atoms with E-state index < -0.39 is 17.7 Å².